The molecule has 1 saturated heterocycles. The number of nitrogens with zero attached hydrogens (tertiary/aromatic N) is 1. The van der Waals surface area contributed by atoms with E-state index in [1.54, 1.807) is 0 Å². The van der Waals surface area contributed by atoms with Gasteiger partial charge in [-0.15, -0.1) is 0 Å². The molecule has 0 aromatic carbocycles. The predicted octanol–water partition coefficient (Wildman–Crippen LogP) is 1.63. The summed E-state index contributed by atoms with van der Waals surface area (Å²) in [5.41, 5.74) is 0. The van der Waals surface area contributed by atoms with E-state index >= 15 is 0 Å². The molecule has 0 radical (unpaired) electrons. The Morgan fingerprint density at radius 3 is 2.85 bits per heavy atom. The molecule has 0 N–H and O–H groups in total. The number of rotatable bonds is 2. The monoisotopic (exact) mass is 203 g/mol. The maximum absolute atomic E-state index is 11.4. The van der Waals surface area contributed by atoms with E-state index in [0.717, 1.165) is 24.5 Å². The molecule has 1 rings (SSSR count). The summed E-state index contributed by atoms with van der Waals surface area (Å²) in [5.74, 6) is 1.77. The van der Waals surface area contributed by atoms with Gasteiger partial charge >= 0.3 is 0 Å². The van der Waals surface area contributed by atoms with E-state index in [9.17, 15) is 4.21 Å². The molecule has 1 heterocycles. The first-order chi connectivity index (χ1) is 6.15. The van der Waals surface area contributed by atoms with Gasteiger partial charge in [0.2, 0.25) is 0 Å². The summed E-state index contributed by atoms with van der Waals surface area (Å²) in [6.07, 6.45) is 2.29. The molecule has 0 aromatic rings. The van der Waals surface area contributed by atoms with Crippen molar-refractivity contribution >= 4 is 10.8 Å². The minimum atomic E-state index is -0.559. The van der Waals surface area contributed by atoms with Crippen LogP contribution in [0.5, 0.6) is 0 Å². The van der Waals surface area contributed by atoms with Gasteiger partial charge in [-0.2, -0.15) is 0 Å². The molecule has 3 atom stereocenters. The molecule has 0 bridgehead atoms. The van der Waals surface area contributed by atoms with Gasteiger partial charge in [0.1, 0.15) is 0 Å². The highest BCUT2D eigenvalue weighted by Gasteiger charge is 2.22. The van der Waals surface area contributed by atoms with Crippen molar-refractivity contribution in [2.45, 2.75) is 45.7 Å². The fourth-order valence-electron chi connectivity index (χ4n) is 1.89. The summed E-state index contributed by atoms with van der Waals surface area (Å²) < 4.78 is 11.4. The first-order valence-electron chi connectivity index (χ1n) is 5.25. The number of hydrogen-bond donors (Lipinski definition) is 0. The lowest BCUT2D eigenvalue weighted by Gasteiger charge is -2.32. The van der Waals surface area contributed by atoms with Gasteiger partial charge in [0.25, 0.3) is 0 Å². The summed E-state index contributed by atoms with van der Waals surface area (Å²) in [6.45, 7) is 7.77. The zero-order valence-corrected chi connectivity index (χ0v) is 9.77. The average Bonchev–Trinajstić information content (AvgIpc) is 2.28. The highest BCUT2D eigenvalue weighted by molar-refractivity contribution is 7.85. The van der Waals surface area contributed by atoms with Crippen molar-refractivity contribution in [3.63, 3.8) is 0 Å². The van der Waals surface area contributed by atoms with Crippen LogP contribution in [0.3, 0.4) is 0 Å². The lowest BCUT2D eigenvalue weighted by Crippen LogP contribution is -2.40. The van der Waals surface area contributed by atoms with Crippen LogP contribution in [-0.4, -0.2) is 39.2 Å². The average molecular weight is 203 g/mol. The Hall–Kier alpha value is 0.110. The molecule has 0 aromatic heterocycles. The van der Waals surface area contributed by atoms with E-state index in [1.807, 2.05) is 0 Å². The van der Waals surface area contributed by atoms with Crippen LogP contribution >= 0.6 is 0 Å². The van der Waals surface area contributed by atoms with Crippen molar-refractivity contribution in [1.29, 1.82) is 0 Å². The van der Waals surface area contributed by atoms with Gasteiger partial charge in [-0.05, 0) is 26.7 Å². The topological polar surface area (TPSA) is 20.3 Å². The second-order valence-corrected chi connectivity index (χ2v) is 5.68. The van der Waals surface area contributed by atoms with Gasteiger partial charge in [0.05, 0.1) is 0 Å². The molecule has 0 aliphatic carbocycles. The maximum Gasteiger partial charge on any atom is 0.0362 e. The summed E-state index contributed by atoms with van der Waals surface area (Å²) in [4.78, 5) is 2.50. The first-order valence-corrected chi connectivity index (χ1v) is 6.74. The predicted molar refractivity (Wildman–Crippen MR) is 58.4 cm³/mol. The Morgan fingerprint density at radius 1 is 1.54 bits per heavy atom. The van der Waals surface area contributed by atoms with Gasteiger partial charge in [-0.3, -0.25) is 9.11 Å². The maximum atomic E-state index is 11.4. The van der Waals surface area contributed by atoms with Crippen LogP contribution in [0, 0.1) is 0 Å². The summed E-state index contributed by atoms with van der Waals surface area (Å²) >= 11 is 0. The van der Waals surface area contributed by atoms with Crippen molar-refractivity contribution in [2.75, 3.05) is 18.1 Å². The summed E-state index contributed by atoms with van der Waals surface area (Å²) in [6, 6.07) is 1.26. The van der Waals surface area contributed by atoms with E-state index in [-0.39, 0.29) is 0 Å². The van der Waals surface area contributed by atoms with E-state index in [1.165, 1.54) is 6.42 Å². The molecule has 1 aliphatic rings. The normalized spacial score (nSPS) is 34.1. The third kappa shape index (κ3) is 3.06. The smallest absolute Gasteiger partial charge is 0.0362 e. The molecule has 2 nitrogen and oxygen atoms in total. The largest absolute Gasteiger partial charge is 0.297 e. The Morgan fingerprint density at radius 2 is 2.23 bits per heavy atom. The minimum Gasteiger partial charge on any atom is -0.297 e. The molecule has 1 aliphatic heterocycles. The van der Waals surface area contributed by atoms with Gasteiger partial charge in [0.15, 0.2) is 0 Å². The van der Waals surface area contributed by atoms with E-state index in [2.05, 4.69) is 25.7 Å². The molecule has 78 valence electrons. The lowest BCUT2D eigenvalue weighted by molar-refractivity contribution is 0.160. The standard InChI is InChI=1S/C10H21NOS/c1-4-9(2)11-6-8-13(12)7-5-10(11)3/h9-10H,4-8H2,1-3H3. The fraction of sp³-hybridized carbons (Fsp3) is 1.00. The van der Waals surface area contributed by atoms with Crippen LogP contribution in [0.25, 0.3) is 0 Å². The minimum absolute atomic E-state index is 0.559. The van der Waals surface area contributed by atoms with Crippen LogP contribution in [0.2, 0.25) is 0 Å². The molecule has 3 heteroatoms. The van der Waals surface area contributed by atoms with Crippen molar-refractivity contribution < 1.29 is 4.21 Å². The molecule has 0 spiro atoms. The molecular weight excluding hydrogens is 182 g/mol. The van der Waals surface area contributed by atoms with Crippen molar-refractivity contribution in [1.82, 2.24) is 4.90 Å². The van der Waals surface area contributed by atoms with Crippen molar-refractivity contribution in [2.24, 2.45) is 0 Å². The zero-order valence-electron chi connectivity index (χ0n) is 8.95. The van der Waals surface area contributed by atoms with Gasteiger partial charge in [0, 0.05) is 40.9 Å². The highest BCUT2D eigenvalue weighted by Crippen LogP contribution is 2.15. The summed E-state index contributed by atoms with van der Waals surface area (Å²) in [5, 5.41) is 0. The Kier molecular flexibility index (Phi) is 4.39. The first kappa shape index (κ1) is 11.2. The molecule has 0 saturated carbocycles. The Balaban J connectivity index is 2.56. The van der Waals surface area contributed by atoms with Gasteiger partial charge in [-0.1, -0.05) is 6.92 Å². The van der Waals surface area contributed by atoms with E-state index < -0.39 is 10.8 Å². The van der Waals surface area contributed by atoms with Gasteiger partial charge in [-0.25, -0.2) is 0 Å². The third-order valence-electron chi connectivity index (χ3n) is 3.06. The summed E-state index contributed by atoms with van der Waals surface area (Å²) in [7, 11) is -0.559. The molecule has 13 heavy (non-hydrogen) atoms. The van der Waals surface area contributed by atoms with Crippen LogP contribution in [0.15, 0.2) is 0 Å². The molecular formula is C10H21NOS. The van der Waals surface area contributed by atoms with Gasteiger partial charge < -0.3 is 0 Å². The van der Waals surface area contributed by atoms with Crippen LogP contribution in [0.1, 0.15) is 33.6 Å². The quantitative estimate of drug-likeness (QED) is 0.680. The Bertz CT molecular complexity index is 184. The highest BCUT2D eigenvalue weighted by atomic mass is 32.2. The molecule has 3 unspecified atom stereocenters. The van der Waals surface area contributed by atoms with Crippen molar-refractivity contribution in [3.8, 4) is 0 Å². The second-order valence-electron chi connectivity index (χ2n) is 3.98. The lowest BCUT2D eigenvalue weighted by atomic mass is 10.1. The third-order valence-corrected chi connectivity index (χ3v) is 4.39. The van der Waals surface area contributed by atoms with E-state index in [0.29, 0.717) is 12.1 Å². The zero-order chi connectivity index (χ0) is 9.84. The Labute approximate surface area is 84.2 Å². The fourth-order valence-corrected chi connectivity index (χ4v) is 3.11. The van der Waals surface area contributed by atoms with E-state index in [4.69, 9.17) is 0 Å². The number of hydrogen-bond acceptors (Lipinski definition) is 2. The molecule has 0 amide bonds. The second kappa shape index (κ2) is 5.11. The van der Waals surface area contributed by atoms with Crippen molar-refractivity contribution in [3.05, 3.63) is 0 Å². The van der Waals surface area contributed by atoms with Crippen LogP contribution in [-0.2, 0) is 10.8 Å². The van der Waals surface area contributed by atoms with Crippen LogP contribution in [0.4, 0.5) is 0 Å². The van der Waals surface area contributed by atoms with Crippen LogP contribution < -0.4 is 0 Å². The molecule has 1 fully saturated rings. The SMILES string of the molecule is CCC(C)N1CCS(=O)CCC1C.